The van der Waals surface area contributed by atoms with E-state index in [4.69, 9.17) is 23.2 Å². The molecule has 0 aromatic heterocycles. The maximum atomic E-state index is 12.1. The third-order valence-corrected chi connectivity index (χ3v) is 5.63. The van der Waals surface area contributed by atoms with Crippen molar-refractivity contribution in [2.75, 3.05) is 7.05 Å². The molecule has 1 aromatic rings. The van der Waals surface area contributed by atoms with Crippen LogP contribution < -0.4 is 0 Å². The number of hydrogen-bond acceptors (Lipinski definition) is 4. The second-order valence-electron chi connectivity index (χ2n) is 5.38. The molecular formula is C15H17Cl2N3OS. The molecule has 0 bridgehead atoms. The van der Waals surface area contributed by atoms with E-state index in [0.29, 0.717) is 20.9 Å². The van der Waals surface area contributed by atoms with Crippen molar-refractivity contribution in [2.45, 2.75) is 26.0 Å². The van der Waals surface area contributed by atoms with Crippen molar-refractivity contribution < 1.29 is 4.79 Å². The summed E-state index contributed by atoms with van der Waals surface area (Å²) in [6, 6.07) is 5.30. The summed E-state index contributed by atoms with van der Waals surface area (Å²) in [5, 5.41) is 9.92. The molecule has 1 aliphatic rings. The fraction of sp³-hybridized carbons (Fsp3) is 0.400. The highest BCUT2D eigenvalue weighted by Gasteiger charge is 2.37. The smallest absolute Gasteiger partial charge is 0.242 e. The van der Waals surface area contributed by atoms with Gasteiger partial charge in [-0.05, 0) is 30.5 Å². The molecule has 0 spiro atoms. The lowest BCUT2D eigenvalue weighted by atomic mass is 10.1. The number of amides is 1. The summed E-state index contributed by atoms with van der Waals surface area (Å²) in [5.41, 5.74) is 1.55. The fourth-order valence-corrected chi connectivity index (χ4v) is 3.33. The van der Waals surface area contributed by atoms with E-state index in [9.17, 15) is 4.79 Å². The minimum atomic E-state index is -0.0933. The highest BCUT2D eigenvalue weighted by Crippen LogP contribution is 2.31. The van der Waals surface area contributed by atoms with Crippen LogP contribution in [-0.2, 0) is 4.79 Å². The Balaban J connectivity index is 2.22. The van der Waals surface area contributed by atoms with Gasteiger partial charge in [-0.15, -0.1) is 5.10 Å². The van der Waals surface area contributed by atoms with Crippen molar-refractivity contribution in [1.82, 2.24) is 4.90 Å². The van der Waals surface area contributed by atoms with Gasteiger partial charge >= 0.3 is 0 Å². The summed E-state index contributed by atoms with van der Waals surface area (Å²) in [7, 11) is 1.72. The lowest BCUT2D eigenvalue weighted by Gasteiger charge is -2.10. The summed E-state index contributed by atoms with van der Waals surface area (Å²) in [6.45, 7) is 5.89. The predicted molar refractivity (Wildman–Crippen MR) is 95.1 cm³/mol. The van der Waals surface area contributed by atoms with E-state index >= 15 is 0 Å². The standard InChI is InChI=1S/C15H17Cl2N3OS/c1-8(2)13-14(21)20(4)15(22-13)19-18-9(3)10-5-6-11(16)12(17)7-10/h5-8,13H,1-4H3/b18-9+,19-15+. The van der Waals surface area contributed by atoms with Crippen LogP contribution in [0, 0.1) is 5.92 Å². The summed E-state index contributed by atoms with van der Waals surface area (Å²) in [5.74, 6) is 0.328. The van der Waals surface area contributed by atoms with Crippen molar-refractivity contribution in [3.63, 3.8) is 0 Å². The largest absolute Gasteiger partial charge is 0.292 e. The Morgan fingerprint density at radius 3 is 2.55 bits per heavy atom. The summed E-state index contributed by atoms with van der Waals surface area (Å²) >= 11 is 13.4. The van der Waals surface area contributed by atoms with Gasteiger partial charge in [0.15, 0.2) is 5.17 Å². The number of carbonyl (C=O) groups excluding carboxylic acids is 1. The Labute approximate surface area is 144 Å². The van der Waals surface area contributed by atoms with Gasteiger partial charge in [0.2, 0.25) is 5.91 Å². The van der Waals surface area contributed by atoms with Gasteiger partial charge in [0.05, 0.1) is 21.0 Å². The Hall–Kier alpha value is -1.04. The van der Waals surface area contributed by atoms with Gasteiger partial charge in [0.1, 0.15) is 0 Å². The summed E-state index contributed by atoms with van der Waals surface area (Å²) < 4.78 is 0. The average Bonchev–Trinajstić information content (AvgIpc) is 2.75. The maximum Gasteiger partial charge on any atom is 0.242 e. The van der Waals surface area contributed by atoms with Crippen LogP contribution >= 0.6 is 35.0 Å². The van der Waals surface area contributed by atoms with Gasteiger partial charge in [-0.2, -0.15) is 5.10 Å². The summed E-state index contributed by atoms with van der Waals surface area (Å²) in [6.07, 6.45) is 0. The maximum absolute atomic E-state index is 12.1. The molecule has 118 valence electrons. The fourth-order valence-electron chi connectivity index (χ4n) is 1.94. The van der Waals surface area contributed by atoms with Crippen LogP contribution in [0.4, 0.5) is 0 Å². The average molecular weight is 358 g/mol. The Morgan fingerprint density at radius 2 is 2.00 bits per heavy atom. The number of hydrogen-bond donors (Lipinski definition) is 0. The lowest BCUT2D eigenvalue weighted by Crippen LogP contribution is -2.30. The SMILES string of the molecule is C/C(=N\N=C1\SC(C(C)C)C(=O)N1C)c1ccc(Cl)c(Cl)c1. The lowest BCUT2D eigenvalue weighted by molar-refractivity contribution is -0.125. The number of carbonyl (C=O) groups is 1. The predicted octanol–water partition coefficient (Wildman–Crippen LogP) is 4.30. The Bertz CT molecular complexity index is 658. The summed E-state index contributed by atoms with van der Waals surface area (Å²) in [4.78, 5) is 13.7. The van der Waals surface area contributed by atoms with Gasteiger partial charge in [0, 0.05) is 7.05 Å². The van der Waals surface area contributed by atoms with Crippen molar-refractivity contribution in [1.29, 1.82) is 0 Å². The molecule has 1 heterocycles. The Morgan fingerprint density at radius 1 is 1.32 bits per heavy atom. The van der Waals surface area contributed by atoms with E-state index in [2.05, 4.69) is 10.2 Å². The molecule has 4 nitrogen and oxygen atoms in total. The van der Waals surface area contributed by atoms with E-state index in [1.807, 2.05) is 26.8 Å². The number of nitrogens with zero attached hydrogens (tertiary/aromatic N) is 3. The first kappa shape index (κ1) is 17.3. The molecule has 22 heavy (non-hydrogen) atoms. The monoisotopic (exact) mass is 357 g/mol. The molecule has 1 aromatic carbocycles. The Kier molecular flexibility index (Phi) is 5.53. The second-order valence-corrected chi connectivity index (χ2v) is 7.30. The first-order valence-electron chi connectivity index (χ1n) is 6.83. The van der Waals surface area contributed by atoms with Gasteiger partial charge in [-0.25, -0.2) is 0 Å². The van der Waals surface area contributed by atoms with Gasteiger partial charge in [0.25, 0.3) is 0 Å². The van der Waals surface area contributed by atoms with Crippen LogP contribution in [0.2, 0.25) is 10.0 Å². The molecule has 1 amide bonds. The molecule has 0 radical (unpaired) electrons. The molecule has 0 saturated carbocycles. The van der Waals surface area contributed by atoms with Crippen LogP contribution in [-0.4, -0.2) is 34.0 Å². The van der Waals surface area contributed by atoms with E-state index < -0.39 is 0 Å². The van der Waals surface area contributed by atoms with Crippen LogP contribution in [0.25, 0.3) is 0 Å². The topological polar surface area (TPSA) is 45.0 Å². The quantitative estimate of drug-likeness (QED) is 0.597. The highest BCUT2D eigenvalue weighted by atomic mass is 35.5. The molecular weight excluding hydrogens is 341 g/mol. The third kappa shape index (κ3) is 3.65. The first-order valence-corrected chi connectivity index (χ1v) is 8.46. The van der Waals surface area contributed by atoms with Crippen molar-refractivity contribution in [3.8, 4) is 0 Å². The second kappa shape index (κ2) is 7.02. The molecule has 1 fully saturated rings. The van der Waals surface area contributed by atoms with E-state index in [1.165, 1.54) is 11.8 Å². The van der Waals surface area contributed by atoms with E-state index in [0.717, 1.165) is 5.56 Å². The minimum Gasteiger partial charge on any atom is -0.292 e. The zero-order chi connectivity index (χ0) is 16.4. The molecule has 0 aliphatic carbocycles. The minimum absolute atomic E-state index is 0.0705. The van der Waals surface area contributed by atoms with E-state index in [1.54, 1.807) is 24.1 Å². The van der Waals surface area contributed by atoms with E-state index in [-0.39, 0.29) is 17.1 Å². The highest BCUT2D eigenvalue weighted by molar-refractivity contribution is 8.15. The van der Waals surface area contributed by atoms with Gasteiger partial charge < -0.3 is 0 Å². The number of thioether (sulfide) groups is 1. The number of rotatable bonds is 3. The molecule has 1 saturated heterocycles. The van der Waals surface area contributed by atoms with Crippen LogP contribution in [0.15, 0.2) is 28.4 Å². The molecule has 7 heteroatoms. The van der Waals surface area contributed by atoms with Gasteiger partial charge in [-0.1, -0.05) is 54.9 Å². The molecule has 1 atom stereocenters. The first-order chi connectivity index (χ1) is 10.3. The number of amidine groups is 1. The van der Waals surface area contributed by atoms with Crippen LogP contribution in [0.5, 0.6) is 0 Å². The number of benzene rings is 1. The van der Waals surface area contributed by atoms with Crippen molar-refractivity contribution in [3.05, 3.63) is 33.8 Å². The van der Waals surface area contributed by atoms with Crippen molar-refractivity contribution >= 4 is 51.8 Å². The molecule has 2 rings (SSSR count). The molecule has 1 unspecified atom stereocenters. The van der Waals surface area contributed by atoms with Crippen LogP contribution in [0.1, 0.15) is 26.3 Å². The third-order valence-electron chi connectivity index (χ3n) is 3.32. The normalized spacial score (nSPS) is 21.3. The van der Waals surface area contributed by atoms with Crippen molar-refractivity contribution in [2.24, 2.45) is 16.1 Å². The number of halogens is 2. The van der Waals surface area contributed by atoms with Crippen LogP contribution in [0.3, 0.4) is 0 Å². The zero-order valence-electron chi connectivity index (χ0n) is 12.8. The zero-order valence-corrected chi connectivity index (χ0v) is 15.1. The molecule has 0 N–H and O–H groups in total. The molecule has 1 aliphatic heterocycles. The van der Waals surface area contributed by atoms with Gasteiger partial charge in [-0.3, -0.25) is 9.69 Å².